The SMILES string of the molecule is COc1cc(C(=O)N(CC(C)C)CC2CN(C(=O)c3ccc(Cl)c(Cl)c3)CCO2)cc(OC)c1OC. The summed E-state index contributed by atoms with van der Waals surface area (Å²) >= 11 is 12.1. The molecule has 1 unspecified atom stereocenters. The van der Waals surface area contributed by atoms with Crippen molar-refractivity contribution in [3.05, 3.63) is 51.5 Å². The highest BCUT2D eigenvalue weighted by atomic mass is 35.5. The number of ether oxygens (including phenoxy) is 4. The first-order chi connectivity index (χ1) is 17.2. The first-order valence-corrected chi connectivity index (χ1v) is 12.4. The fourth-order valence-electron chi connectivity index (χ4n) is 4.14. The largest absolute Gasteiger partial charge is 0.493 e. The second kappa shape index (κ2) is 12.5. The minimum Gasteiger partial charge on any atom is -0.493 e. The van der Waals surface area contributed by atoms with Crippen LogP contribution in [0.1, 0.15) is 34.6 Å². The molecule has 8 nitrogen and oxygen atoms in total. The summed E-state index contributed by atoms with van der Waals surface area (Å²) in [4.78, 5) is 30.1. The van der Waals surface area contributed by atoms with Crippen LogP contribution in [-0.4, -0.2) is 81.8 Å². The minimum absolute atomic E-state index is 0.159. The number of hydrogen-bond acceptors (Lipinski definition) is 6. The molecule has 2 amide bonds. The molecule has 0 aliphatic carbocycles. The number of nitrogens with zero attached hydrogens (tertiary/aromatic N) is 2. The van der Waals surface area contributed by atoms with Gasteiger partial charge in [0.2, 0.25) is 5.75 Å². The van der Waals surface area contributed by atoms with E-state index >= 15 is 0 Å². The highest BCUT2D eigenvalue weighted by Gasteiger charge is 2.30. The zero-order valence-electron chi connectivity index (χ0n) is 21.2. The summed E-state index contributed by atoms with van der Waals surface area (Å²) in [6.45, 7) is 6.06. The molecule has 196 valence electrons. The van der Waals surface area contributed by atoms with Crippen LogP contribution in [0.4, 0.5) is 0 Å². The molecular formula is C26H32Cl2N2O6. The number of halogens is 2. The molecule has 1 aliphatic heterocycles. The van der Waals surface area contributed by atoms with E-state index in [2.05, 4.69) is 0 Å². The molecule has 36 heavy (non-hydrogen) atoms. The lowest BCUT2D eigenvalue weighted by atomic mass is 10.1. The molecule has 1 atom stereocenters. The van der Waals surface area contributed by atoms with Crippen molar-refractivity contribution in [2.45, 2.75) is 20.0 Å². The van der Waals surface area contributed by atoms with E-state index in [4.69, 9.17) is 42.1 Å². The van der Waals surface area contributed by atoms with Gasteiger partial charge >= 0.3 is 0 Å². The number of rotatable bonds is 9. The van der Waals surface area contributed by atoms with Gasteiger partial charge in [-0.25, -0.2) is 0 Å². The van der Waals surface area contributed by atoms with Crippen LogP contribution >= 0.6 is 23.2 Å². The number of hydrogen-bond donors (Lipinski definition) is 0. The number of amides is 2. The second-order valence-electron chi connectivity index (χ2n) is 8.89. The molecule has 0 radical (unpaired) electrons. The fraction of sp³-hybridized carbons (Fsp3) is 0.462. The summed E-state index contributed by atoms with van der Waals surface area (Å²) in [5, 5.41) is 0.717. The summed E-state index contributed by atoms with van der Waals surface area (Å²) in [5.41, 5.74) is 0.863. The Morgan fingerprint density at radius 2 is 1.69 bits per heavy atom. The van der Waals surface area contributed by atoms with Crippen LogP contribution in [0.15, 0.2) is 30.3 Å². The smallest absolute Gasteiger partial charge is 0.254 e. The zero-order chi connectivity index (χ0) is 26.4. The van der Waals surface area contributed by atoms with E-state index in [1.807, 2.05) is 13.8 Å². The Morgan fingerprint density at radius 3 is 2.25 bits per heavy atom. The van der Waals surface area contributed by atoms with E-state index in [1.54, 1.807) is 40.1 Å². The van der Waals surface area contributed by atoms with Crippen LogP contribution in [-0.2, 0) is 4.74 Å². The summed E-state index contributed by atoms with van der Waals surface area (Å²) in [5.74, 6) is 1.08. The topological polar surface area (TPSA) is 77.5 Å². The predicted molar refractivity (Wildman–Crippen MR) is 139 cm³/mol. The van der Waals surface area contributed by atoms with Crippen molar-refractivity contribution in [2.24, 2.45) is 5.92 Å². The maximum absolute atomic E-state index is 13.6. The molecule has 0 saturated carbocycles. The second-order valence-corrected chi connectivity index (χ2v) is 9.71. The van der Waals surface area contributed by atoms with Crippen LogP contribution in [0.25, 0.3) is 0 Å². The molecule has 1 heterocycles. The number of morpholine rings is 1. The number of carbonyl (C=O) groups is 2. The lowest BCUT2D eigenvalue weighted by Crippen LogP contribution is -2.51. The quantitative estimate of drug-likeness (QED) is 0.462. The Kier molecular flexibility index (Phi) is 9.70. The Labute approximate surface area is 221 Å². The molecule has 10 heteroatoms. The highest BCUT2D eigenvalue weighted by Crippen LogP contribution is 2.38. The first kappa shape index (κ1) is 27.9. The van der Waals surface area contributed by atoms with Gasteiger partial charge in [0.25, 0.3) is 11.8 Å². The normalized spacial score (nSPS) is 15.6. The average Bonchev–Trinajstić information content (AvgIpc) is 2.87. The van der Waals surface area contributed by atoms with Gasteiger partial charge in [0, 0.05) is 37.3 Å². The molecule has 0 aromatic heterocycles. The van der Waals surface area contributed by atoms with E-state index in [9.17, 15) is 9.59 Å². The van der Waals surface area contributed by atoms with E-state index < -0.39 is 0 Å². The minimum atomic E-state index is -0.352. The van der Waals surface area contributed by atoms with Crippen LogP contribution in [0.5, 0.6) is 17.2 Å². The standard InChI is InChI=1S/C26H32Cl2N2O6/c1-16(2)13-30(26(32)18-11-22(33-3)24(35-5)23(12-18)34-4)15-19-14-29(8-9-36-19)25(31)17-6-7-20(27)21(28)10-17/h6-7,10-12,16,19H,8-9,13-15H2,1-5H3. The molecule has 1 aliphatic rings. The van der Waals surface area contributed by atoms with Crippen molar-refractivity contribution in [3.63, 3.8) is 0 Å². The van der Waals surface area contributed by atoms with Crippen molar-refractivity contribution in [2.75, 3.05) is 54.1 Å². The third-order valence-corrected chi connectivity index (χ3v) is 6.54. The van der Waals surface area contributed by atoms with Gasteiger partial charge in [-0.2, -0.15) is 0 Å². The van der Waals surface area contributed by atoms with E-state index in [-0.39, 0.29) is 23.8 Å². The van der Waals surface area contributed by atoms with Gasteiger partial charge < -0.3 is 28.7 Å². The van der Waals surface area contributed by atoms with Crippen LogP contribution in [0.3, 0.4) is 0 Å². The van der Waals surface area contributed by atoms with Crippen LogP contribution in [0.2, 0.25) is 10.0 Å². The van der Waals surface area contributed by atoms with Gasteiger partial charge in [0.1, 0.15) is 0 Å². The lowest BCUT2D eigenvalue weighted by Gasteiger charge is -2.36. The maximum Gasteiger partial charge on any atom is 0.254 e. The van der Waals surface area contributed by atoms with Crippen LogP contribution in [0, 0.1) is 5.92 Å². The summed E-state index contributed by atoms with van der Waals surface area (Å²) in [6, 6.07) is 8.10. The summed E-state index contributed by atoms with van der Waals surface area (Å²) in [7, 11) is 4.53. The Hall–Kier alpha value is -2.68. The predicted octanol–water partition coefficient (Wildman–Crippen LogP) is 4.66. The van der Waals surface area contributed by atoms with Crippen molar-refractivity contribution >= 4 is 35.0 Å². The number of carbonyl (C=O) groups excluding carboxylic acids is 2. The van der Waals surface area contributed by atoms with Gasteiger partial charge in [-0.05, 0) is 36.2 Å². The van der Waals surface area contributed by atoms with E-state index in [0.29, 0.717) is 71.2 Å². The molecular weight excluding hydrogens is 507 g/mol. The van der Waals surface area contributed by atoms with Gasteiger partial charge in [0.15, 0.2) is 11.5 Å². The third-order valence-electron chi connectivity index (χ3n) is 5.80. The molecule has 0 bridgehead atoms. The molecule has 3 rings (SSSR count). The first-order valence-electron chi connectivity index (χ1n) is 11.6. The van der Waals surface area contributed by atoms with E-state index in [0.717, 1.165) is 0 Å². The van der Waals surface area contributed by atoms with Crippen molar-refractivity contribution in [1.82, 2.24) is 9.80 Å². The van der Waals surface area contributed by atoms with Crippen molar-refractivity contribution in [3.8, 4) is 17.2 Å². The maximum atomic E-state index is 13.6. The van der Waals surface area contributed by atoms with E-state index in [1.165, 1.54) is 21.3 Å². The number of benzene rings is 2. The van der Waals surface area contributed by atoms with Gasteiger partial charge in [-0.3, -0.25) is 9.59 Å². The average molecular weight is 539 g/mol. The summed E-state index contributed by atoms with van der Waals surface area (Å²) in [6.07, 6.45) is -0.352. The molecule has 1 saturated heterocycles. The molecule has 2 aromatic rings. The third kappa shape index (κ3) is 6.55. The lowest BCUT2D eigenvalue weighted by molar-refractivity contribution is -0.0340. The van der Waals surface area contributed by atoms with Gasteiger partial charge in [-0.1, -0.05) is 37.0 Å². The zero-order valence-corrected chi connectivity index (χ0v) is 22.7. The molecule has 2 aromatic carbocycles. The molecule has 1 fully saturated rings. The van der Waals surface area contributed by atoms with Crippen LogP contribution < -0.4 is 14.2 Å². The highest BCUT2D eigenvalue weighted by molar-refractivity contribution is 6.42. The van der Waals surface area contributed by atoms with Crippen molar-refractivity contribution < 1.29 is 28.5 Å². The fourth-order valence-corrected chi connectivity index (χ4v) is 4.44. The Morgan fingerprint density at radius 1 is 1.03 bits per heavy atom. The number of methoxy groups -OCH3 is 3. The molecule has 0 spiro atoms. The monoisotopic (exact) mass is 538 g/mol. The van der Waals surface area contributed by atoms with Crippen molar-refractivity contribution in [1.29, 1.82) is 0 Å². The molecule has 0 N–H and O–H groups in total. The summed E-state index contributed by atoms with van der Waals surface area (Å²) < 4.78 is 22.2. The Bertz CT molecular complexity index is 1070. The van der Waals surface area contributed by atoms with Gasteiger partial charge in [0.05, 0.1) is 44.1 Å². The Balaban J connectivity index is 1.80. The van der Waals surface area contributed by atoms with Gasteiger partial charge in [-0.15, -0.1) is 0 Å².